The summed E-state index contributed by atoms with van der Waals surface area (Å²) in [5.41, 5.74) is 4.88. The van der Waals surface area contributed by atoms with Crippen molar-refractivity contribution in [2.75, 3.05) is 7.05 Å². The van der Waals surface area contributed by atoms with E-state index in [1.807, 2.05) is 36.0 Å². The van der Waals surface area contributed by atoms with Gasteiger partial charge in [0.15, 0.2) is 0 Å². The predicted octanol–water partition coefficient (Wildman–Crippen LogP) is 2.26. The minimum atomic E-state index is -0.0158. The maximum absolute atomic E-state index is 12.0. The van der Waals surface area contributed by atoms with Gasteiger partial charge in [0, 0.05) is 32.2 Å². The molecule has 0 aliphatic rings. The van der Waals surface area contributed by atoms with E-state index in [4.69, 9.17) is 0 Å². The number of benzene rings is 1. The lowest BCUT2D eigenvalue weighted by Gasteiger charge is -2.05. The van der Waals surface area contributed by atoms with Gasteiger partial charge in [-0.25, -0.2) is 9.97 Å². The molecule has 3 heterocycles. The quantitative estimate of drug-likeness (QED) is 0.623. The average molecular weight is 333 g/mol. The van der Waals surface area contributed by atoms with Crippen LogP contribution in [0.1, 0.15) is 11.1 Å². The number of likely N-dealkylation sites (N-methyl/N-ethyl adjacent to an activating group) is 1. The molecule has 6 heteroatoms. The maximum Gasteiger partial charge on any atom is 0.224 e. The SMILES string of the molecule is CNC(=O)Cc1cn(Cc2ccccc2)c2ncc3ncn(C)c3c12. The van der Waals surface area contributed by atoms with Crippen LogP contribution in [0.15, 0.2) is 49.1 Å². The highest BCUT2D eigenvalue weighted by atomic mass is 16.1. The first-order valence-corrected chi connectivity index (χ1v) is 8.19. The molecule has 0 atom stereocenters. The van der Waals surface area contributed by atoms with Crippen molar-refractivity contribution in [3.05, 3.63) is 60.2 Å². The van der Waals surface area contributed by atoms with Gasteiger partial charge in [0.2, 0.25) is 5.91 Å². The van der Waals surface area contributed by atoms with E-state index in [0.29, 0.717) is 13.0 Å². The van der Waals surface area contributed by atoms with E-state index in [1.165, 1.54) is 5.56 Å². The largest absolute Gasteiger partial charge is 0.359 e. The number of nitrogens with zero attached hydrogens (tertiary/aromatic N) is 4. The number of hydrogen-bond acceptors (Lipinski definition) is 3. The fourth-order valence-corrected chi connectivity index (χ4v) is 3.26. The Morgan fingerprint density at radius 1 is 1.20 bits per heavy atom. The Balaban J connectivity index is 1.93. The van der Waals surface area contributed by atoms with Crippen LogP contribution in [0.2, 0.25) is 0 Å². The Bertz CT molecular complexity index is 1060. The number of aromatic nitrogens is 4. The van der Waals surface area contributed by atoms with Crippen molar-refractivity contribution < 1.29 is 4.79 Å². The zero-order valence-corrected chi connectivity index (χ0v) is 14.2. The molecule has 3 aromatic heterocycles. The fourth-order valence-electron chi connectivity index (χ4n) is 3.26. The van der Waals surface area contributed by atoms with Crippen molar-refractivity contribution in [1.29, 1.82) is 0 Å². The molecule has 0 saturated carbocycles. The molecule has 0 bridgehead atoms. The molecule has 4 rings (SSSR count). The Hall–Kier alpha value is -3.15. The third kappa shape index (κ3) is 2.65. The first-order valence-electron chi connectivity index (χ1n) is 8.19. The molecule has 1 N–H and O–H groups in total. The number of carbonyl (C=O) groups is 1. The lowest BCUT2D eigenvalue weighted by Crippen LogP contribution is -2.19. The summed E-state index contributed by atoms with van der Waals surface area (Å²) in [5.74, 6) is -0.0158. The number of carbonyl (C=O) groups excluding carboxylic acids is 1. The Kier molecular flexibility index (Phi) is 3.72. The highest BCUT2D eigenvalue weighted by Crippen LogP contribution is 2.28. The Morgan fingerprint density at radius 2 is 2.00 bits per heavy atom. The van der Waals surface area contributed by atoms with E-state index in [2.05, 4.69) is 32.0 Å². The first kappa shape index (κ1) is 15.4. The number of aryl methyl sites for hydroxylation is 1. The lowest BCUT2D eigenvalue weighted by atomic mass is 10.1. The van der Waals surface area contributed by atoms with E-state index >= 15 is 0 Å². The molecule has 0 fully saturated rings. The third-order valence-corrected chi connectivity index (χ3v) is 4.47. The monoisotopic (exact) mass is 333 g/mol. The van der Waals surface area contributed by atoms with Gasteiger partial charge < -0.3 is 14.5 Å². The summed E-state index contributed by atoms with van der Waals surface area (Å²) in [7, 11) is 3.62. The van der Waals surface area contributed by atoms with E-state index in [-0.39, 0.29) is 5.91 Å². The molecule has 126 valence electrons. The summed E-state index contributed by atoms with van der Waals surface area (Å²) in [5, 5.41) is 3.70. The van der Waals surface area contributed by atoms with Gasteiger partial charge in [0.25, 0.3) is 0 Å². The normalized spacial score (nSPS) is 11.3. The standard InChI is InChI=1S/C19H19N5O/c1-20-16(25)8-14-11-24(10-13-6-4-3-5-7-13)19-17(14)18-15(9-21-19)22-12-23(18)2/h3-7,9,11-12H,8,10H2,1-2H3,(H,20,25). The van der Waals surface area contributed by atoms with Crippen molar-refractivity contribution in [1.82, 2.24) is 24.4 Å². The van der Waals surface area contributed by atoms with Crippen LogP contribution in [0.25, 0.3) is 22.1 Å². The van der Waals surface area contributed by atoms with E-state index < -0.39 is 0 Å². The number of amides is 1. The smallest absolute Gasteiger partial charge is 0.224 e. The molecule has 0 aliphatic heterocycles. The van der Waals surface area contributed by atoms with Gasteiger partial charge in [-0.2, -0.15) is 0 Å². The summed E-state index contributed by atoms with van der Waals surface area (Å²) in [6.07, 6.45) is 5.93. The second-order valence-electron chi connectivity index (χ2n) is 6.16. The summed E-state index contributed by atoms with van der Waals surface area (Å²) in [6.45, 7) is 0.710. The van der Waals surface area contributed by atoms with Crippen LogP contribution in [0.4, 0.5) is 0 Å². The van der Waals surface area contributed by atoms with Crippen LogP contribution in [0.5, 0.6) is 0 Å². The fraction of sp³-hybridized carbons (Fsp3) is 0.211. The molecule has 1 amide bonds. The molecular weight excluding hydrogens is 314 g/mol. The minimum Gasteiger partial charge on any atom is -0.359 e. The molecule has 0 aliphatic carbocycles. The number of nitrogens with one attached hydrogen (secondary N) is 1. The molecule has 25 heavy (non-hydrogen) atoms. The van der Waals surface area contributed by atoms with Crippen molar-refractivity contribution >= 4 is 28.0 Å². The zero-order valence-electron chi connectivity index (χ0n) is 14.2. The van der Waals surface area contributed by atoms with Gasteiger partial charge in [-0.3, -0.25) is 4.79 Å². The Morgan fingerprint density at radius 3 is 2.76 bits per heavy atom. The highest BCUT2D eigenvalue weighted by molar-refractivity contribution is 6.04. The molecule has 0 radical (unpaired) electrons. The second-order valence-corrected chi connectivity index (χ2v) is 6.16. The number of pyridine rings is 1. The van der Waals surface area contributed by atoms with E-state index in [0.717, 1.165) is 27.6 Å². The molecule has 0 unspecified atom stereocenters. The van der Waals surface area contributed by atoms with Crippen molar-refractivity contribution in [3.8, 4) is 0 Å². The number of fused-ring (bicyclic) bond motifs is 3. The number of rotatable bonds is 4. The summed E-state index contributed by atoms with van der Waals surface area (Å²) in [6, 6.07) is 10.2. The second kappa shape index (κ2) is 6.05. The Labute approximate surface area is 145 Å². The van der Waals surface area contributed by atoms with Crippen LogP contribution in [-0.2, 0) is 24.8 Å². The lowest BCUT2D eigenvalue weighted by molar-refractivity contribution is -0.119. The van der Waals surface area contributed by atoms with Crippen molar-refractivity contribution in [3.63, 3.8) is 0 Å². The number of imidazole rings is 1. The van der Waals surface area contributed by atoms with Gasteiger partial charge >= 0.3 is 0 Å². The molecular formula is C19H19N5O. The molecule has 4 aromatic rings. The summed E-state index contributed by atoms with van der Waals surface area (Å²) >= 11 is 0. The van der Waals surface area contributed by atoms with Crippen LogP contribution in [0, 0.1) is 0 Å². The van der Waals surface area contributed by atoms with E-state index in [9.17, 15) is 4.79 Å². The molecule has 0 saturated heterocycles. The summed E-state index contributed by atoms with van der Waals surface area (Å²) in [4.78, 5) is 21.0. The maximum atomic E-state index is 12.0. The predicted molar refractivity (Wildman–Crippen MR) is 97.3 cm³/mol. The van der Waals surface area contributed by atoms with Crippen LogP contribution < -0.4 is 5.32 Å². The van der Waals surface area contributed by atoms with Gasteiger partial charge in [-0.1, -0.05) is 30.3 Å². The molecule has 1 aromatic carbocycles. The molecule has 6 nitrogen and oxygen atoms in total. The first-order chi connectivity index (χ1) is 12.2. The van der Waals surface area contributed by atoms with Crippen LogP contribution in [0.3, 0.4) is 0 Å². The average Bonchev–Trinajstić information content (AvgIpc) is 3.17. The highest BCUT2D eigenvalue weighted by Gasteiger charge is 2.17. The van der Waals surface area contributed by atoms with Crippen LogP contribution >= 0.6 is 0 Å². The van der Waals surface area contributed by atoms with E-state index in [1.54, 1.807) is 19.6 Å². The van der Waals surface area contributed by atoms with Gasteiger partial charge in [0.05, 0.1) is 24.5 Å². The van der Waals surface area contributed by atoms with Gasteiger partial charge in [-0.05, 0) is 11.1 Å². The molecule has 0 spiro atoms. The topological polar surface area (TPSA) is 64.7 Å². The van der Waals surface area contributed by atoms with Gasteiger partial charge in [-0.15, -0.1) is 0 Å². The van der Waals surface area contributed by atoms with Crippen molar-refractivity contribution in [2.45, 2.75) is 13.0 Å². The third-order valence-electron chi connectivity index (χ3n) is 4.47. The van der Waals surface area contributed by atoms with Gasteiger partial charge in [0.1, 0.15) is 11.2 Å². The van der Waals surface area contributed by atoms with Crippen LogP contribution in [-0.4, -0.2) is 32.1 Å². The number of hydrogen-bond donors (Lipinski definition) is 1. The summed E-state index contributed by atoms with van der Waals surface area (Å²) < 4.78 is 4.09. The minimum absolute atomic E-state index is 0.0158. The zero-order chi connectivity index (χ0) is 17.4. The van der Waals surface area contributed by atoms with Crippen molar-refractivity contribution in [2.24, 2.45) is 7.05 Å².